The SMILES string of the molecule is CCOCCN(C)c1cc(CNC(C)C)c(Cl)cn1. The molecule has 4 nitrogen and oxygen atoms in total. The fourth-order valence-corrected chi connectivity index (χ4v) is 1.76. The Labute approximate surface area is 121 Å². The van der Waals surface area contributed by atoms with Crippen LogP contribution in [0.5, 0.6) is 0 Å². The molecule has 1 N–H and O–H groups in total. The highest BCUT2D eigenvalue weighted by Crippen LogP contribution is 2.19. The van der Waals surface area contributed by atoms with Gasteiger partial charge in [-0.05, 0) is 18.6 Å². The van der Waals surface area contributed by atoms with E-state index in [0.717, 1.165) is 31.1 Å². The van der Waals surface area contributed by atoms with E-state index in [2.05, 4.69) is 29.0 Å². The Hall–Kier alpha value is -0.840. The van der Waals surface area contributed by atoms with Crippen LogP contribution in [0.15, 0.2) is 12.3 Å². The third-order valence-corrected chi connectivity index (χ3v) is 3.13. The molecule has 19 heavy (non-hydrogen) atoms. The molecule has 1 aromatic rings. The highest BCUT2D eigenvalue weighted by molar-refractivity contribution is 6.31. The highest BCUT2D eigenvalue weighted by atomic mass is 35.5. The number of anilines is 1. The van der Waals surface area contributed by atoms with Crippen molar-refractivity contribution < 1.29 is 4.74 Å². The first kappa shape index (κ1) is 16.2. The Balaban J connectivity index is 2.66. The van der Waals surface area contributed by atoms with Crippen molar-refractivity contribution in [3.05, 3.63) is 22.8 Å². The molecule has 0 aliphatic rings. The predicted octanol–water partition coefficient (Wildman–Crippen LogP) is 2.71. The van der Waals surface area contributed by atoms with Gasteiger partial charge in [-0.25, -0.2) is 4.98 Å². The summed E-state index contributed by atoms with van der Waals surface area (Å²) in [7, 11) is 2.01. The van der Waals surface area contributed by atoms with Gasteiger partial charge in [0.1, 0.15) is 5.82 Å². The maximum absolute atomic E-state index is 6.17. The van der Waals surface area contributed by atoms with Crippen LogP contribution in [0.3, 0.4) is 0 Å². The van der Waals surface area contributed by atoms with Crippen molar-refractivity contribution in [1.29, 1.82) is 0 Å². The molecule has 1 aromatic heterocycles. The maximum atomic E-state index is 6.17. The average molecular weight is 286 g/mol. The van der Waals surface area contributed by atoms with E-state index in [1.54, 1.807) is 6.20 Å². The maximum Gasteiger partial charge on any atom is 0.128 e. The third-order valence-electron chi connectivity index (χ3n) is 2.79. The summed E-state index contributed by atoms with van der Waals surface area (Å²) in [5, 5.41) is 4.07. The van der Waals surface area contributed by atoms with E-state index in [1.165, 1.54) is 0 Å². The van der Waals surface area contributed by atoms with Gasteiger partial charge in [0.15, 0.2) is 0 Å². The monoisotopic (exact) mass is 285 g/mol. The van der Waals surface area contributed by atoms with Crippen LogP contribution < -0.4 is 10.2 Å². The number of hydrogen-bond donors (Lipinski definition) is 1. The van der Waals surface area contributed by atoms with Gasteiger partial charge in [0.2, 0.25) is 0 Å². The Bertz CT molecular complexity index is 385. The number of hydrogen-bond acceptors (Lipinski definition) is 4. The zero-order chi connectivity index (χ0) is 14.3. The summed E-state index contributed by atoms with van der Waals surface area (Å²) >= 11 is 6.17. The van der Waals surface area contributed by atoms with Crippen LogP contribution in [0.25, 0.3) is 0 Å². The van der Waals surface area contributed by atoms with Crippen LogP contribution in [0.4, 0.5) is 5.82 Å². The van der Waals surface area contributed by atoms with Gasteiger partial charge >= 0.3 is 0 Å². The lowest BCUT2D eigenvalue weighted by Gasteiger charge is -2.19. The van der Waals surface area contributed by atoms with Crippen molar-refractivity contribution in [2.75, 3.05) is 31.7 Å². The van der Waals surface area contributed by atoms with Crippen LogP contribution in [0, 0.1) is 0 Å². The predicted molar refractivity (Wildman–Crippen MR) is 81.0 cm³/mol. The molecule has 0 unspecified atom stereocenters. The van der Waals surface area contributed by atoms with Gasteiger partial charge < -0.3 is 15.0 Å². The number of rotatable bonds is 8. The number of nitrogens with one attached hydrogen (secondary N) is 1. The summed E-state index contributed by atoms with van der Waals surface area (Å²) in [6.07, 6.45) is 1.71. The summed E-state index contributed by atoms with van der Waals surface area (Å²) < 4.78 is 5.35. The molecule has 0 saturated carbocycles. The summed E-state index contributed by atoms with van der Waals surface area (Å²) in [5.41, 5.74) is 1.07. The van der Waals surface area contributed by atoms with Crippen molar-refractivity contribution >= 4 is 17.4 Å². The lowest BCUT2D eigenvalue weighted by molar-refractivity contribution is 0.154. The van der Waals surface area contributed by atoms with Gasteiger partial charge in [-0.2, -0.15) is 0 Å². The van der Waals surface area contributed by atoms with Crippen molar-refractivity contribution in [1.82, 2.24) is 10.3 Å². The first-order valence-electron chi connectivity index (χ1n) is 6.71. The van der Waals surface area contributed by atoms with E-state index in [9.17, 15) is 0 Å². The first-order valence-corrected chi connectivity index (χ1v) is 7.09. The van der Waals surface area contributed by atoms with E-state index < -0.39 is 0 Å². The molecule has 0 radical (unpaired) electrons. The molecule has 0 fully saturated rings. The minimum atomic E-state index is 0.434. The Kier molecular flexibility index (Phi) is 7.13. The molecule has 0 bridgehead atoms. The number of likely N-dealkylation sites (N-methyl/N-ethyl adjacent to an activating group) is 1. The molecule has 1 heterocycles. The molecule has 1 rings (SSSR count). The minimum absolute atomic E-state index is 0.434. The second kappa shape index (κ2) is 8.35. The lowest BCUT2D eigenvalue weighted by atomic mass is 10.2. The standard InChI is InChI=1S/C14H24ClN3O/c1-5-19-7-6-18(4)14-8-12(9-16-11(2)3)13(15)10-17-14/h8,10-11,16H,5-7,9H2,1-4H3. The minimum Gasteiger partial charge on any atom is -0.380 e. The van der Waals surface area contributed by atoms with Crippen LogP contribution in [0.1, 0.15) is 26.3 Å². The van der Waals surface area contributed by atoms with Gasteiger partial charge in [-0.1, -0.05) is 25.4 Å². The zero-order valence-electron chi connectivity index (χ0n) is 12.2. The van der Waals surface area contributed by atoms with Crippen molar-refractivity contribution in [3.8, 4) is 0 Å². The molecule has 0 atom stereocenters. The Morgan fingerprint density at radius 2 is 2.21 bits per heavy atom. The smallest absolute Gasteiger partial charge is 0.128 e. The third kappa shape index (κ3) is 5.76. The molecule has 5 heteroatoms. The highest BCUT2D eigenvalue weighted by Gasteiger charge is 2.07. The Morgan fingerprint density at radius 3 is 2.84 bits per heavy atom. The first-order chi connectivity index (χ1) is 9.04. The fraction of sp³-hybridized carbons (Fsp3) is 0.643. The van der Waals surface area contributed by atoms with Crippen molar-refractivity contribution in [2.45, 2.75) is 33.4 Å². The van der Waals surface area contributed by atoms with E-state index in [4.69, 9.17) is 16.3 Å². The molecular formula is C14H24ClN3O. The van der Waals surface area contributed by atoms with E-state index in [-0.39, 0.29) is 0 Å². The molecule has 0 amide bonds. The zero-order valence-corrected chi connectivity index (χ0v) is 13.0. The van der Waals surface area contributed by atoms with E-state index in [1.807, 2.05) is 20.0 Å². The second-order valence-corrected chi connectivity index (χ2v) is 5.20. The van der Waals surface area contributed by atoms with Crippen LogP contribution >= 0.6 is 11.6 Å². The summed E-state index contributed by atoms with van der Waals surface area (Å²) in [6.45, 7) is 9.25. The number of aromatic nitrogens is 1. The molecule has 0 aromatic carbocycles. The van der Waals surface area contributed by atoms with Gasteiger partial charge in [0.25, 0.3) is 0 Å². The summed E-state index contributed by atoms with van der Waals surface area (Å²) in [5.74, 6) is 0.921. The van der Waals surface area contributed by atoms with E-state index in [0.29, 0.717) is 17.7 Å². The number of halogens is 1. The van der Waals surface area contributed by atoms with Crippen molar-refractivity contribution in [2.24, 2.45) is 0 Å². The second-order valence-electron chi connectivity index (χ2n) is 4.79. The number of nitrogens with zero attached hydrogens (tertiary/aromatic N) is 2. The normalized spacial score (nSPS) is 11.1. The molecule has 0 aliphatic heterocycles. The largest absolute Gasteiger partial charge is 0.380 e. The average Bonchev–Trinajstić information content (AvgIpc) is 2.37. The molecule has 108 valence electrons. The molecule has 0 spiro atoms. The van der Waals surface area contributed by atoms with Crippen LogP contribution in [0.2, 0.25) is 5.02 Å². The van der Waals surface area contributed by atoms with Crippen LogP contribution in [-0.2, 0) is 11.3 Å². The Morgan fingerprint density at radius 1 is 1.47 bits per heavy atom. The quantitative estimate of drug-likeness (QED) is 0.745. The van der Waals surface area contributed by atoms with Gasteiger partial charge in [0.05, 0.1) is 11.6 Å². The van der Waals surface area contributed by atoms with E-state index >= 15 is 0 Å². The van der Waals surface area contributed by atoms with Crippen molar-refractivity contribution in [3.63, 3.8) is 0 Å². The molecule has 0 aliphatic carbocycles. The molecule has 0 saturated heterocycles. The topological polar surface area (TPSA) is 37.4 Å². The fourth-order valence-electron chi connectivity index (χ4n) is 1.59. The lowest BCUT2D eigenvalue weighted by Crippen LogP contribution is -2.25. The van der Waals surface area contributed by atoms with Gasteiger partial charge in [-0.3, -0.25) is 0 Å². The van der Waals surface area contributed by atoms with Gasteiger partial charge in [0, 0.05) is 39.0 Å². The number of pyridine rings is 1. The number of ether oxygens (including phenoxy) is 1. The molecular weight excluding hydrogens is 262 g/mol. The van der Waals surface area contributed by atoms with Gasteiger partial charge in [-0.15, -0.1) is 0 Å². The summed E-state index contributed by atoms with van der Waals surface area (Å²) in [6, 6.07) is 2.47. The summed E-state index contributed by atoms with van der Waals surface area (Å²) in [4.78, 5) is 6.43. The van der Waals surface area contributed by atoms with Crippen LogP contribution in [-0.4, -0.2) is 37.8 Å².